The summed E-state index contributed by atoms with van der Waals surface area (Å²) in [6.07, 6.45) is 0.610. The van der Waals surface area contributed by atoms with Gasteiger partial charge in [-0.15, -0.1) is 10.2 Å². The molecule has 0 fully saturated rings. The number of hydrogen-bond donors (Lipinski definition) is 1. The lowest BCUT2D eigenvalue weighted by molar-refractivity contribution is 0.507. The highest BCUT2D eigenvalue weighted by Gasteiger charge is 2.29. The van der Waals surface area contributed by atoms with Gasteiger partial charge in [-0.05, 0) is 39.0 Å². The Bertz CT molecular complexity index is 1090. The minimum absolute atomic E-state index is 0.204. The van der Waals surface area contributed by atoms with E-state index in [0.29, 0.717) is 52.4 Å². The van der Waals surface area contributed by atoms with Crippen molar-refractivity contribution in [2.24, 2.45) is 0 Å². The van der Waals surface area contributed by atoms with Crippen molar-refractivity contribution in [2.75, 3.05) is 4.72 Å². The van der Waals surface area contributed by atoms with E-state index in [-0.39, 0.29) is 4.90 Å². The summed E-state index contributed by atoms with van der Waals surface area (Å²) in [6.45, 7) is 7.94. The van der Waals surface area contributed by atoms with Crippen molar-refractivity contribution in [3.63, 3.8) is 0 Å². The van der Waals surface area contributed by atoms with Gasteiger partial charge in [-0.2, -0.15) is 0 Å². The van der Waals surface area contributed by atoms with Crippen LogP contribution in [-0.4, -0.2) is 23.2 Å². The van der Waals surface area contributed by atoms with Gasteiger partial charge in [0, 0.05) is 29.2 Å². The SMILES string of the molecule is CCc1nnc(-c2c(C)c(S(=O)(=O)Nc3cccc(Cl)c3)c(C)n2CC)o1. The van der Waals surface area contributed by atoms with Crippen molar-refractivity contribution in [1.82, 2.24) is 14.8 Å². The number of halogens is 1. The van der Waals surface area contributed by atoms with E-state index in [1.807, 2.05) is 18.4 Å². The largest absolute Gasteiger partial charge is 0.419 e. The number of sulfonamides is 1. The molecular weight excluding hydrogens is 388 g/mol. The molecule has 0 bridgehead atoms. The van der Waals surface area contributed by atoms with Crippen LogP contribution in [0, 0.1) is 13.8 Å². The Morgan fingerprint density at radius 3 is 2.56 bits per heavy atom. The zero-order chi connectivity index (χ0) is 19.8. The maximum atomic E-state index is 13.1. The van der Waals surface area contributed by atoms with E-state index in [1.54, 1.807) is 38.1 Å². The maximum absolute atomic E-state index is 13.1. The fourth-order valence-electron chi connectivity index (χ4n) is 3.19. The number of anilines is 1. The lowest BCUT2D eigenvalue weighted by Crippen LogP contribution is -2.15. The summed E-state index contributed by atoms with van der Waals surface area (Å²) in [5.41, 5.74) is 2.19. The lowest BCUT2D eigenvalue weighted by atomic mass is 10.2. The van der Waals surface area contributed by atoms with Crippen LogP contribution in [0.5, 0.6) is 0 Å². The van der Waals surface area contributed by atoms with Gasteiger partial charge in [0.05, 0.1) is 5.69 Å². The van der Waals surface area contributed by atoms with Gasteiger partial charge in [-0.25, -0.2) is 8.42 Å². The Morgan fingerprint density at radius 2 is 1.96 bits per heavy atom. The maximum Gasteiger partial charge on any atom is 0.264 e. The zero-order valence-corrected chi connectivity index (χ0v) is 17.1. The topological polar surface area (TPSA) is 90.0 Å². The molecule has 0 saturated heterocycles. The monoisotopic (exact) mass is 408 g/mol. The Morgan fingerprint density at radius 1 is 1.22 bits per heavy atom. The first-order chi connectivity index (χ1) is 12.8. The Hall–Kier alpha value is -2.32. The molecular formula is C18H21ClN4O3S. The fraction of sp³-hybridized carbons (Fsp3) is 0.333. The molecule has 0 aliphatic heterocycles. The van der Waals surface area contributed by atoms with Gasteiger partial charge in [0.2, 0.25) is 5.89 Å². The van der Waals surface area contributed by atoms with Crippen LogP contribution in [0.4, 0.5) is 5.69 Å². The van der Waals surface area contributed by atoms with Crippen molar-refractivity contribution in [1.29, 1.82) is 0 Å². The van der Waals surface area contributed by atoms with Crippen molar-refractivity contribution in [3.8, 4) is 11.6 Å². The molecule has 0 amide bonds. The lowest BCUT2D eigenvalue weighted by Gasteiger charge is -2.10. The minimum Gasteiger partial charge on any atom is -0.419 e. The smallest absolute Gasteiger partial charge is 0.264 e. The van der Waals surface area contributed by atoms with E-state index in [1.165, 1.54) is 0 Å². The van der Waals surface area contributed by atoms with Crippen molar-refractivity contribution in [3.05, 3.63) is 46.4 Å². The van der Waals surface area contributed by atoms with Crippen molar-refractivity contribution >= 4 is 27.3 Å². The summed E-state index contributed by atoms with van der Waals surface area (Å²) in [6, 6.07) is 6.58. The molecule has 3 rings (SSSR count). The van der Waals surface area contributed by atoms with Gasteiger partial charge in [-0.3, -0.25) is 4.72 Å². The first-order valence-electron chi connectivity index (χ1n) is 8.59. The molecule has 1 aromatic carbocycles. The van der Waals surface area contributed by atoms with Crippen LogP contribution in [0.25, 0.3) is 11.6 Å². The summed E-state index contributed by atoms with van der Waals surface area (Å²) in [4.78, 5) is 0.204. The van der Waals surface area contributed by atoms with Gasteiger partial charge < -0.3 is 8.98 Å². The number of rotatable bonds is 6. The van der Waals surface area contributed by atoms with Crippen LogP contribution in [-0.2, 0) is 23.0 Å². The van der Waals surface area contributed by atoms with E-state index in [9.17, 15) is 8.42 Å². The van der Waals surface area contributed by atoms with E-state index in [4.69, 9.17) is 16.0 Å². The molecule has 2 heterocycles. The van der Waals surface area contributed by atoms with Crippen LogP contribution in [0.3, 0.4) is 0 Å². The highest BCUT2D eigenvalue weighted by Crippen LogP contribution is 2.34. The molecule has 2 aromatic heterocycles. The van der Waals surface area contributed by atoms with Gasteiger partial charge in [0.25, 0.3) is 15.9 Å². The first kappa shape index (κ1) is 19.4. The zero-order valence-electron chi connectivity index (χ0n) is 15.6. The van der Waals surface area contributed by atoms with Crippen LogP contribution in [0.1, 0.15) is 31.0 Å². The third kappa shape index (κ3) is 3.59. The summed E-state index contributed by atoms with van der Waals surface area (Å²) >= 11 is 5.96. The van der Waals surface area contributed by atoms with E-state index in [2.05, 4.69) is 14.9 Å². The van der Waals surface area contributed by atoms with Crippen molar-refractivity contribution < 1.29 is 12.8 Å². The van der Waals surface area contributed by atoms with Gasteiger partial charge in [-0.1, -0.05) is 24.6 Å². The molecule has 0 atom stereocenters. The highest BCUT2D eigenvalue weighted by molar-refractivity contribution is 7.92. The second kappa shape index (κ2) is 7.36. The number of benzene rings is 1. The van der Waals surface area contributed by atoms with E-state index < -0.39 is 10.0 Å². The second-order valence-electron chi connectivity index (χ2n) is 6.10. The average molecular weight is 409 g/mol. The number of nitrogens with one attached hydrogen (secondary N) is 1. The molecule has 144 valence electrons. The normalized spacial score (nSPS) is 11.7. The van der Waals surface area contributed by atoms with Crippen molar-refractivity contribution in [2.45, 2.75) is 45.6 Å². The molecule has 27 heavy (non-hydrogen) atoms. The molecule has 0 aliphatic carbocycles. The summed E-state index contributed by atoms with van der Waals surface area (Å²) in [5, 5.41) is 8.54. The third-order valence-electron chi connectivity index (χ3n) is 4.33. The predicted octanol–water partition coefficient (Wildman–Crippen LogP) is 4.19. The quantitative estimate of drug-likeness (QED) is 0.660. The summed E-state index contributed by atoms with van der Waals surface area (Å²) < 4.78 is 36.3. The Labute approximate surface area is 163 Å². The standard InChI is InChI=1S/C18H21ClN4O3S/c1-5-15-20-21-18(26-15)16-11(3)17(12(4)23(16)6-2)27(24,25)22-14-9-7-8-13(19)10-14/h7-10,22H,5-6H2,1-4H3. The van der Waals surface area contributed by atoms with Crippen LogP contribution in [0.15, 0.2) is 33.6 Å². The molecule has 1 N–H and O–H groups in total. The number of hydrogen-bond acceptors (Lipinski definition) is 5. The predicted molar refractivity (Wildman–Crippen MR) is 105 cm³/mol. The average Bonchev–Trinajstić information content (AvgIpc) is 3.16. The van der Waals surface area contributed by atoms with Gasteiger partial charge in [0.1, 0.15) is 10.6 Å². The molecule has 3 aromatic rings. The molecule has 0 radical (unpaired) electrons. The molecule has 7 nitrogen and oxygen atoms in total. The fourth-order valence-corrected chi connectivity index (χ4v) is 4.92. The number of aromatic nitrogens is 3. The van der Waals surface area contributed by atoms with Crippen LogP contribution in [0.2, 0.25) is 5.02 Å². The number of nitrogens with zero attached hydrogens (tertiary/aromatic N) is 3. The molecule has 9 heteroatoms. The minimum atomic E-state index is -3.83. The van der Waals surface area contributed by atoms with Crippen LogP contribution < -0.4 is 4.72 Å². The molecule has 0 aliphatic rings. The van der Waals surface area contributed by atoms with E-state index >= 15 is 0 Å². The highest BCUT2D eigenvalue weighted by atomic mass is 35.5. The van der Waals surface area contributed by atoms with Crippen LogP contribution >= 0.6 is 11.6 Å². The van der Waals surface area contributed by atoms with E-state index in [0.717, 1.165) is 0 Å². The Balaban J connectivity index is 2.13. The first-order valence-corrected chi connectivity index (χ1v) is 10.4. The van der Waals surface area contributed by atoms with Gasteiger partial charge >= 0.3 is 0 Å². The number of aryl methyl sites for hydroxylation is 1. The summed E-state index contributed by atoms with van der Waals surface area (Å²) in [5.74, 6) is 0.825. The summed E-state index contributed by atoms with van der Waals surface area (Å²) in [7, 11) is -3.83. The Kier molecular flexibility index (Phi) is 5.30. The second-order valence-corrected chi connectivity index (χ2v) is 8.16. The molecule has 0 spiro atoms. The molecule has 0 saturated carbocycles. The van der Waals surface area contributed by atoms with Gasteiger partial charge in [0.15, 0.2) is 0 Å². The molecule has 0 unspecified atom stereocenters. The third-order valence-corrected chi connectivity index (χ3v) is 6.21.